The Balaban J connectivity index is 1.36. The summed E-state index contributed by atoms with van der Waals surface area (Å²) in [6.45, 7) is 3.84. The molecule has 0 radical (unpaired) electrons. The van der Waals surface area contributed by atoms with Crippen molar-refractivity contribution < 1.29 is 42.6 Å². The summed E-state index contributed by atoms with van der Waals surface area (Å²) in [7, 11) is 0. The number of anilines is 1. The zero-order valence-electron chi connectivity index (χ0n) is 16.4. The number of aryl methyl sites for hydroxylation is 1. The molecule has 1 heterocycles. The van der Waals surface area contributed by atoms with Gasteiger partial charge in [0.15, 0.2) is 0 Å². The Morgan fingerprint density at radius 3 is 2.30 bits per heavy atom. The van der Waals surface area contributed by atoms with Crippen molar-refractivity contribution in [1.29, 1.82) is 0 Å². The number of carbonyl (C=O) groups excluding carboxylic acids is 1. The molecule has 30 heavy (non-hydrogen) atoms. The van der Waals surface area contributed by atoms with Crippen LogP contribution < -0.4 is 26.7 Å². The van der Waals surface area contributed by atoms with Gasteiger partial charge in [-0.15, -0.1) is 0 Å². The molecule has 2 aliphatic rings. The van der Waals surface area contributed by atoms with E-state index in [1.165, 1.54) is 12.1 Å². The fourth-order valence-corrected chi connectivity index (χ4v) is 4.75. The van der Waals surface area contributed by atoms with E-state index in [9.17, 15) is 20.8 Å². The SMILES string of the molecule is Cc1ccc(C(F)(F)F)cc1N1CCN(C(=O)[C@@H]2C[C@@H]2c2ccc([I-]F)cc2)CC1. The summed E-state index contributed by atoms with van der Waals surface area (Å²) in [6.07, 6.45) is -3.57. The van der Waals surface area contributed by atoms with Crippen molar-refractivity contribution in [2.75, 3.05) is 31.1 Å². The average Bonchev–Trinajstić information content (AvgIpc) is 3.54. The van der Waals surface area contributed by atoms with Crippen LogP contribution in [0.1, 0.15) is 29.0 Å². The minimum absolute atomic E-state index is 0.0437. The molecule has 2 aromatic carbocycles. The Bertz CT molecular complexity index is 924. The van der Waals surface area contributed by atoms with Crippen molar-refractivity contribution in [1.82, 2.24) is 4.90 Å². The molecule has 1 aliphatic carbocycles. The Hall–Kier alpha value is -1.84. The van der Waals surface area contributed by atoms with Gasteiger partial charge in [-0.25, -0.2) is 0 Å². The van der Waals surface area contributed by atoms with Crippen molar-refractivity contribution in [3.8, 4) is 0 Å². The molecule has 0 N–H and O–H groups in total. The quantitative estimate of drug-likeness (QED) is 0.441. The van der Waals surface area contributed by atoms with Crippen molar-refractivity contribution in [3.05, 3.63) is 62.7 Å². The Labute approximate surface area is 184 Å². The van der Waals surface area contributed by atoms with Crippen LogP contribution >= 0.6 is 0 Å². The van der Waals surface area contributed by atoms with Crippen molar-refractivity contribution in [3.63, 3.8) is 0 Å². The zero-order chi connectivity index (χ0) is 21.5. The summed E-state index contributed by atoms with van der Waals surface area (Å²) < 4.78 is 52.7. The van der Waals surface area contributed by atoms with Crippen molar-refractivity contribution >= 4 is 11.6 Å². The van der Waals surface area contributed by atoms with E-state index in [-0.39, 0.29) is 17.7 Å². The number of nitrogens with zero attached hydrogens (tertiary/aromatic N) is 2. The van der Waals surface area contributed by atoms with Crippen LogP contribution in [-0.2, 0) is 11.0 Å². The fourth-order valence-electron chi connectivity index (χ4n) is 4.12. The number of benzene rings is 2. The van der Waals surface area contributed by atoms with E-state index in [1.807, 2.05) is 21.9 Å². The third-order valence-corrected chi connectivity index (χ3v) is 7.15. The van der Waals surface area contributed by atoms with Crippen LogP contribution in [0.3, 0.4) is 0 Å². The molecule has 8 heteroatoms. The van der Waals surface area contributed by atoms with Crippen LogP contribution in [-0.4, -0.2) is 37.0 Å². The molecule has 0 aromatic heterocycles. The van der Waals surface area contributed by atoms with Gasteiger partial charge in [0.1, 0.15) is 0 Å². The zero-order valence-corrected chi connectivity index (χ0v) is 18.6. The van der Waals surface area contributed by atoms with Crippen LogP contribution in [0.5, 0.6) is 0 Å². The van der Waals surface area contributed by atoms with Crippen molar-refractivity contribution in [2.45, 2.75) is 25.4 Å². The van der Waals surface area contributed by atoms with Gasteiger partial charge < -0.3 is 0 Å². The van der Waals surface area contributed by atoms with E-state index in [1.54, 1.807) is 19.1 Å². The normalized spacial score (nSPS) is 21.8. The van der Waals surface area contributed by atoms with Gasteiger partial charge in [0.25, 0.3) is 0 Å². The Morgan fingerprint density at radius 1 is 1.03 bits per heavy atom. The predicted molar refractivity (Wildman–Crippen MR) is 102 cm³/mol. The molecular weight excluding hydrogens is 511 g/mol. The van der Waals surface area contributed by atoms with Crippen LogP contribution in [0, 0.1) is 16.4 Å². The number of rotatable bonds is 4. The molecule has 1 saturated heterocycles. The average molecular weight is 533 g/mol. The number of hydrogen-bond acceptors (Lipinski definition) is 2. The second kappa shape index (κ2) is 8.36. The molecule has 2 aromatic rings. The second-order valence-corrected chi connectivity index (χ2v) is 9.54. The van der Waals surface area contributed by atoms with Crippen LogP contribution in [0.15, 0.2) is 42.5 Å². The fraction of sp³-hybridized carbons (Fsp3) is 0.409. The maximum atomic E-state index is 13.1. The van der Waals surface area contributed by atoms with Gasteiger partial charge in [0.2, 0.25) is 0 Å². The summed E-state index contributed by atoms with van der Waals surface area (Å²) >= 11 is -1.42. The monoisotopic (exact) mass is 533 g/mol. The molecule has 1 saturated carbocycles. The Kier molecular flexibility index (Phi) is 5.96. The third kappa shape index (κ3) is 4.43. The summed E-state index contributed by atoms with van der Waals surface area (Å²) in [4.78, 5) is 16.6. The van der Waals surface area contributed by atoms with Gasteiger partial charge in [-0.05, 0) is 24.6 Å². The summed E-state index contributed by atoms with van der Waals surface area (Å²) in [5, 5.41) is 0. The second-order valence-electron chi connectivity index (χ2n) is 7.88. The Morgan fingerprint density at radius 2 is 1.70 bits per heavy atom. The number of alkyl halides is 3. The molecule has 3 nitrogen and oxygen atoms in total. The number of hydrogen-bond donors (Lipinski definition) is 0. The van der Waals surface area contributed by atoms with Gasteiger partial charge in [0.05, 0.1) is 5.56 Å². The molecule has 2 atom stereocenters. The number of halogens is 5. The first-order valence-electron chi connectivity index (χ1n) is 9.85. The van der Waals surface area contributed by atoms with E-state index < -0.39 is 33.5 Å². The third-order valence-electron chi connectivity index (χ3n) is 5.96. The molecule has 1 aliphatic heterocycles. The maximum absolute atomic E-state index is 13.1. The molecule has 1 amide bonds. The first-order valence-corrected chi connectivity index (χ1v) is 11.7. The minimum atomic E-state index is -4.37. The van der Waals surface area contributed by atoms with E-state index in [0.717, 1.165) is 27.2 Å². The number of amides is 1. The van der Waals surface area contributed by atoms with Gasteiger partial charge >= 0.3 is 135 Å². The van der Waals surface area contributed by atoms with Crippen molar-refractivity contribution in [2.24, 2.45) is 5.92 Å². The van der Waals surface area contributed by atoms with E-state index in [2.05, 4.69) is 0 Å². The number of piperazine rings is 1. The molecule has 0 unspecified atom stereocenters. The summed E-state index contributed by atoms with van der Waals surface area (Å²) in [5.41, 5.74) is 1.80. The van der Waals surface area contributed by atoms with Gasteiger partial charge in [-0.2, -0.15) is 13.2 Å². The molecule has 2 fully saturated rings. The molecule has 4 rings (SSSR count). The number of carbonyl (C=O) groups is 1. The summed E-state index contributed by atoms with van der Waals surface area (Å²) in [5.74, 6) is 0.258. The predicted octanol–water partition coefficient (Wildman–Crippen LogP) is 1.61. The standard InChI is InChI=1S/C22H22F4IN2O/c1-14-2-5-16(22(23,24)25)12-20(14)28-8-10-29(11-9-28)21(30)19-13-18(19)15-3-6-17(27-26)7-4-15/h2-7,12,18-19H,8-11,13H2,1H3/q-1/t18-,19-/m1/s1. The van der Waals surface area contributed by atoms with Crippen LogP contribution in [0.25, 0.3) is 0 Å². The summed E-state index contributed by atoms with van der Waals surface area (Å²) in [6, 6.07) is 11.3. The topological polar surface area (TPSA) is 23.6 Å². The van der Waals surface area contributed by atoms with Crippen LogP contribution in [0.4, 0.5) is 21.7 Å². The van der Waals surface area contributed by atoms with E-state index in [0.29, 0.717) is 31.9 Å². The van der Waals surface area contributed by atoms with E-state index in [4.69, 9.17) is 0 Å². The van der Waals surface area contributed by atoms with Gasteiger partial charge in [0, 0.05) is 0 Å². The first-order chi connectivity index (χ1) is 14.3. The van der Waals surface area contributed by atoms with Crippen LogP contribution in [0.2, 0.25) is 0 Å². The van der Waals surface area contributed by atoms with Gasteiger partial charge in [-0.1, -0.05) is 6.07 Å². The molecular formula is C22H22F4IN2O-. The molecule has 162 valence electrons. The first kappa shape index (κ1) is 21.4. The molecule has 0 bridgehead atoms. The molecule has 0 spiro atoms. The van der Waals surface area contributed by atoms with E-state index >= 15 is 0 Å². The van der Waals surface area contributed by atoms with Gasteiger partial charge in [-0.3, -0.25) is 0 Å².